The molecule has 2 heteroatoms. The Kier molecular flexibility index (Phi) is 66.0. The second-order valence-corrected chi connectivity index (χ2v) is 1.48. The van der Waals surface area contributed by atoms with E-state index in [-0.39, 0.29) is 0 Å². The second kappa shape index (κ2) is 39.8. The van der Waals surface area contributed by atoms with Gasteiger partial charge in [-0.2, -0.15) is 0 Å². The molecule has 0 atom stereocenters. The summed E-state index contributed by atoms with van der Waals surface area (Å²) in [7, 11) is 1.74. The zero-order valence-electron chi connectivity index (χ0n) is 11.4. The van der Waals surface area contributed by atoms with E-state index in [1.807, 2.05) is 48.5 Å². The lowest BCUT2D eigenvalue weighted by Crippen LogP contribution is -1.88. The van der Waals surface area contributed by atoms with Gasteiger partial charge in [-0.15, -0.1) is 0 Å². The van der Waals surface area contributed by atoms with E-state index in [2.05, 4.69) is 4.99 Å². The van der Waals surface area contributed by atoms with Crippen LogP contribution in [0.25, 0.3) is 0 Å². The predicted molar refractivity (Wildman–Crippen MR) is 71.0 cm³/mol. The third-order valence-corrected chi connectivity index (χ3v) is 0.917. The molecule has 0 aliphatic carbocycles. The zero-order valence-corrected chi connectivity index (χ0v) is 11.4. The van der Waals surface area contributed by atoms with Crippen LogP contribution in [0.5, 0.6) is 0 Å². The van der Waals surface area contributed by atoms with Gasteiger partial charge in [0, 0.05) is 13.3 Å². The summed E-state index contributed by atoms with van der Waals surface area (Å²) in [5.74, 6) is 0. The Hall–Kier alpha value is -0.790. The third kappa shape index (κ3) is 30.3. The van der Waals surface area contributed by atoms with Gasteiger partial charge in [0.15, 0.2) is 0 Å². The molecule has 0 aliphatic rings. The molecule has 0 saturated carbocycles. The summed E-state index contributed by atoms with van der Waals surface area (Å²) in [6.45, 7) is 14.0. The summed E-state index contributed by atoms with van der Waals surface area (Å²) < 4.78 is 0. The first-order valence-electron chi connectivity index (χ1n) is 5.68. The Balaban J connectivity index is -0.0000000708. The van der Waals surface area contributed by atoms with Crippen molar-refractivity contribution in [1.82, 2.24) is 0 Å². The van der Waals surface area contributed by atoms with Gasteiger partial charge in [-0.25, -0.2) is 0 Å². The van der Waals surface area contributed by atoms with E-state index in [1.54, 1.807) is 19.5 Å². The number of aliphatic imine (C=N–C) groups is 1. The van der Waals surface area contributed by atoms with Crippen LogP contribution in [0.15, 0.2) is 16.8 Å². The molecule has 0 spiro atoms. The summed E-state index contributed by atoms with van der Waals surface area (Å²) in [6.07, 6.45) is 4.29. The fourth-order valence-corrected chi connectivity index (χ4v) is 0.418. The Labute approximate surface area is 91.3 Å². The molecule has 0 aliphatic heterocycles. The highest BCUT2D eigenvalue weighted by Gasteiger charge is 1.81. The van der Waals surface area contributed by atoms with Gasteiger partial charge in [0.25, 0.3) is 0 Å². The highest BCUT2D eigenvalue weighted by atomic mass is 14.6. The maximum Gasteiger partial charge on any atom is 0.0277 e. The topological polar surface area (TPSA) is 38.4 Å². The van der Waals surface area contributed by atoms with Gasteiger partial charge < -0.3 is 5.73 Å². The number of nitrogens with two attached hydrogens (primary N) is 1. The monoisotopic (exact) mass is 202 g/mol. The van der Waals surface area contributed by atoms with Crippen molar-refractivity contribution in [2.45, 2.75) is 54.9 Å². The van der Waals surface area contributed by atoms with E-state index < -0.39 is 0 Å². The van der Waals surface area contributed by atoms with Gasteiger partial charge in [0.2, 0.25) is 0 Å². The zero-order chi connectivity index (χ0) is 12.4. The van der Waals surface area contributed by atoms with Crippen molar-refractivity contribution >= 4 is 6.21 Å². The van der Waals surface area contributed by atoms with Crippen LogP contribution in [0, 0.1) is 0 Å². The molecule has 0 radical (unpaired) electrons. The summed E-state index contributed by atoms with van der Waals surface area (Å²) in [5, 5.41) is 0. The van der Waals surface area contributed by atoms with Gasteiger partial charge in [-0.1, -0.05) is 48.5 Å². The number of hydrogen-bond acceptors (Lipinski definition) is 2. The average molecular weight is 202 g/mol. The van der Waals surface area contributed by atoms with Crippen molar-refractivity contribution in [3.05, 3.63) is 11.8 Å². The Morgan fingerprint density at radius 3 is 1.50 bits per heavy atom. The van der Waals surface area contributed by atoms with Crippen molar-refractivity contribution in [2.24, 2.45) is 10.7 Å². The van der Waals surface area contributed by atoms with Crippen LogP contribution in [-0.4, -0.2) is 13.3 Å². The molecular formula is C12H30N2. The predicted octanol–water partition coefficient (Wildman–Crippen LogP) is 4.02. The second-order valence-electron chi connectivity index (χ2n) is 1.48. The fourth-order valence-electron chi connectivity index (χ4n) is 0.418. The van der Waals surface area contributed by atoms with Gasteiger partial charge in [-0.05, 0) is 18.2 Å². The lowest BCUT2D eigenvalue weighted by Gasteiger charge is -1.88. The lowest BCUT2D eigenvalue weighted by atomic mass is 10.2. The van der Waals surface area contributed by atoms with Gasteiger partial charge in [0.05, 0.1) is 0 Å². The molecule has 0 heterocycles. The van der Waals surface area contributed by atoms with Crippen molar-refractivity contribution in [3.63, 3.8) is 0 Å². The largest absolute Gasteiger partial charge is 0.404 e. The highest BCUT2D eigenvalue weighted by Crippen LogP contribution is 1.91. The van der Waals surface area contributed by atoms with Crippen molar-refractivity contribution in [2.75, 3.05) is 7.05 Å². The number of hydrogen-bond donors (Lipinski definition) is 1. The molecule has 0 unspecified atom stereocenters. The van der Waals surface area contributed by atoms with Crippen LogP contribution >= 0.6 is 0 Å². The SMILES string of the molecule is CC.CC.CC.CC/C(C=NC)=C/N. The van der Waals surface area contributed by atoms with Crippen LogP contribution in [0.1, 0.15) is 54.9 Å². The first-order chi connectivity index (χ1) is 6.85. The van der Waals surface area contributed by atoms with Crippen LogP contribution in [0.2, 0.25) is 0 Å². The molecule has 0 fully saturated rings. The number of allylic oxidation sites excluding steroid dienone is 1. The summed E-state index contributed by atoms with van der Waals surface area (Å²) in [5.41, 5.74) is 6.29. The molecule has 0 bridgehead atoms. The number of nitrogens with zero attached hydrogens (tertiary/aromatic N) is 1. The van der Waals surface area contributed by atoms with E-state index >= 15 is 0 Å². The molecule has 0 amide bonds. The first-order valence-corrected chi connectivity index (χ1v) is 5.68. The average Bonchev–Trinajstić information content (AvgIpc) is 2.33. The molecule has 14 heavy (non-hydrogen) atoms. The summed E-state index contributed by atoms with van der Waals surface area (Å²) in [4.78, 5) is 3.80. The maximum atomic E-state index is 5.22. The minimum atomic E-state index is 0.952. The minimum absolute atomic E-state index is 0.952. The minimum Gasteiger partial charge on any atom is -0.404 e. The normalized spacial score (nSPS) is 8.71. The summed E-state index contributed by atoms with van der Waals surface area (Å²) in [6, 6.07) is 0. The van der Waals surface area contributed by atoms with E-state index in [9.17, 15) is 0 Å². The molecule has 88 valence electrons. The fraction of sp³-hybridized carbons (Fsp3) is 0.750. The molecule has 0 aromatic heterocycles. The Morgan fingerprint density at radius 2 is 1.43 bits per heavy atom. The van der Waals surface area contributed by atoms with Crippen LogP contribution in [-0.2, 0) is 0 Å². The summed E-state index contributed by atoms with van der Waals surface area (Å²) >= 11 is 0. The molecule has 0 rings (SSSR count). The Morgan fingerprint density at radius 1 is 1.07 bits per heavy atom. The highest BCUT2D eigenvalue weighted by molar-refractivity contribution is 5.77. The van der Waals surface area contributed by atoms with Crippen LogP contribution < -0.4 is 5.73 Å². The van der Waals surface area contributed by atoms with Crippen molar-refractivity contribution in [1.29, 1.82) is 0 Å². The van der Waals surface area contributed by atoms with E-state index in [0.29, 0.717) is 0 Å². The smallest absolute Gasteiger partial charge is 0.0277 e. The lowest BCUT2D eigenvalue weighted by molar-refractivity contribution is 1.16. The third-order valence-electron chi connectivity index (χ3n) is 0.917. The molecule has 0 saturated heterocycles. The molecule has 2 nitrogen and oxygen atoms in total. The molecule has 0 aromatic rings. The Bertz CT molecular complexity index is 102. The molecule has 2 N–H and O–H groups in total. The molecular weight excluding hydrogens is 172 g/mol. The van der Waals surface area contributed by atoms with Gasteiger partial charge >= 0.3 is 0 Å². The van der Waals surface area contributed by atoms with E-state index in [0.717, 1.165) is 12.0 Å². The standard InChI is InChI=1S/C6H12N2.3C2H6/c1-3-6(4-7)5-8-2;3*1-2/h4-5H,3,7H2,1-2H3;3*1-2H3/b6-4-,8-5?;;;. The maximum absolute atomic E-state index is 5.22. The van der Waals surface area contributed by atoms with Crippen molar-refractivity contribution in [3.8, 4) is 0 Å². The molecule has 0 aromatic carbocycles. The van der Waals surface area contributed by atoms with E-state index in [1.165, 1.54) is 0 Å². The van der Waals surface area contributed by atoms with E-state index in [4.69, 9.17) is 5.73 Å². The van der Waals surface area contributed by atoms with Crippen LogP contribution in [0.4, 0.5) is 0 Å². The van der Waals surface area contributed by atoms with Crippen molar-refractivity contribution < 1.29 is 0 Å². The van der Waals surface area contributed by atoms with Gasteiger partial charge in [-0.3, -0.25) is 4.99 Å². The quantitative estimate of drug-likeness (QED) is 0.675. The number of rotatable bonds is 2. The van der Waals surface area contributed by atoms with Gasteiger partial charge in [0.1, 0.15) is 0 Å². The van der Waals surface area contributed by atoms with Crippen LogP contribution in [0.3, 0.4) is 0 Å². The first kappa shape index (κ1) is 23.2.